The fourth-order valence-electron chi connectivity index (χ4n) is 4.57. The van der Waals surface area contributed by atoms with Crippen LogP contribution in [0.4, 0.5) is 0 Å². The summed E-state index contributed by atoms with van der Waals surface area (Å²) in [5.41, 5.74) is 4.75. The van der Waals surface area contributed by atoms with Crippen molar-refractivity contribution in [2.45, 2.75) is 97.9 Å². The van der Waals surface area contributed by atoms with Crippen molar-refractivity contribution in [2.75, 3.05) is 0 Å². The molecule has 3 nitrogen and oxygen atoms in total. The summed E-state index contributed by atoms with van der Waals surface area (Å²) in [4.78, 5) is 0. The molecule has 3 heteroatoms. The maximum atomic E-state index is 4.75. The maximum absolute atomic E-state index is 4.75. The Balaban J connectivity index is 1.90. The average Bonchev–Trinajstić information content (AvgIpc) is 3.28. The van der Waals surface area contributed by atoms with Crippen LogP contribution in [0.2, 0.25) is 0 Å². The highest BCUT2D eigenvalue weighted by molar-refractivity contribution is 5.70. The smallest absolute Gasteiger partial charge is 0.163 e. The van der Waals surface area contributed by atoms with Crippen LogP contribution in [-0.2, 0) is 11.8 Å². The van der Waals surface area contributed by atoms with Gasteiger partial charge in [-0.05, 0) is 49.3 Å². The number of rotatable bonds is 12. The van der Waals surface area contributed by atoms with E-state index in [2.05, 4.69) is 125 Å². The van der Waals surface area contributed by atoms with Crippen molar-refractivity contribution in [1.29, 1.82) is 0 Å². The highest BCUT2D eigenvalue weighted by Crippen LogP contribution is 2.26. The van der Waals surface area contributed by atoms with Gasteiger partial charge in [0.15, 0.2) is 5.82 Å². The van der Waals surface area contributed by atoms with Crippen molar-refractivity contribution >= 4 is 5.57 Å². The minimum Gasteiger partial charge on any atom is -0.308 e. The third-order valence-electron chi connectivity index (χ3n) is 6.80. The molecule has 1 atom stereocenters. The predicted molar refractivity (Wildman–Crippen MR) is 162 cm³/mol. The van der Waals surface area contributed by atoms with Gasteiger partial charge in [0, 0.05) is 29.2 Å². The second kappa shape index (κ2) is 14.5. The molecule has 0 N–H and O–H groups in total. The number of hydrogen-bond acceptors (Lipinski definition) is 2. The molecule has 200 valence electrons. The summed E-state index contributed by atoms with van der Waals surface area (Å²) < 4.78 is 2.37. The van der Waals surface area contributed by atoms with Gasteiger partial charge in [-0.2, -0.15) is 0 Å². The van der Waals surface area contributed by atoms with E-state index in [-0.39, 0.29) is 5.41 Å². The zero-order valence-electron chi connectivity index (χ0n) is 24.3. The SMILES string of the molecule is CC/C=C(\C=C/CC1=C/C=C\C=C/C=C\1)c1nnc(Cc2c#cc(C(C)(C)C)cc2)n1C(C)CCCCC. The van der Waals surface area contributed by atoms with Crippen molar-refractivity contribution < 1.29 is 0 Å². The molecular formula is C35H45N3. The van der Waals surface area contributed by atoms with Gasteiger partial charge < -0.3 is 4.57 Å². The maximum Gasteiger partial charge on any atom is 0.163 e. The number of allylic oxidation sites excluding steroid dienone is 12. The fourth-order valence-corrected chi connectivity index (χ4v) is 4.57. The highest BCUT2D eigenvalue weighted by Gasteiger charge is 2.20. The van der Waals surface area contributed by atoms with Gasteiger partial charge in [-0.1, -0.05) is 127 Å². The van der Waals surface area contributed by atoms with E-state index in [0.717, 1.165) is 42.0 Å². The van der Waals surface area contributed by atoms with Crippen LogP contribution in [0.15, 0.2) is 78.5 Å². The topological polar surface area (TPSA) is 30.7 Å². The molecule has 0 saturated heterocycles. The van der Waals surface area contributed by atoms with E-state index < -0.39 is 0 Å². The standard InChI is InChI=1S/C35H45N3/c1-7-9-13-18-28(3)38-33(27-30-23-25-32(26-24-30)35(4,5)6)36-37-34(38)31(17-8-2)22-16-21-29-19-14-11-10-12-15-20-29/h10-12,14-17,19-20,22-23,25,28H,7-9,13,18,21,27H2,1-6H3/b11-10-,12-10?,14-11?,15-12-,19-14-,20-15?,22-16-,29-19?,29-20+,31-17+. The molecule has 1 aromatic carbocycles. The largest absolute Gasteiger partial charge is 0.308 e. The monoisotopic (exact) mass is 507 g/mol. The minimum atomic E-state index is 0.0665. The van der Waals surface area contributed by atoms with Crippen molar-refractivity contribution in [3.8, 4) is 0 Å². The molecule has 0 bridgehead atoms. The lowest BCUT2D eigenvalue weighted by molar-refractivity contribution is 0.461. The molecular weight excluding hydrogens is 462 g/mol. The summed E-state index contributed by atoms with van der Waals surface area (Å²) in [6.45, 7) is 13.4. The second-order valence-corrected chi connectivity index (χ2v) is 11.1. The third-order valence-corrected chi connectivity index (χ3v) is 6.80. The molecule has 0 aliphatic heterocycles. The summed E-state index contributed by atoms with van der Waals surface area (Å²) in [5, 5.41) is 9.47. The molecule has 1 aliphatic rings. The van der Waals surface area contributed by atoms with Gasteiger partial charge in [-0.3, -0.25) is 0 Å². The Morgan fingerprint density at radius 2 is 1.79 bits per heavy atom. The van der Waals surface area contributed by atoms with Gasteiger partial charge in [-0.25, -0.2) is 0 Å². The second-order valence-electron chi connectivity index (χ2n) is 11.1. The Hall–Kier alpha value is -3.38. The Labute approximate surface area is 231 Å². The van der Waals surface area contributed by atoms with Crippen LogP contribution >= 0.6 is 0 Å². The molecule has 0 fully saturated rings. The van der Waals surface area contributed by atoms with Gasteiger partial charge in [-0.15, -0.1) is 10.2 Å². The van der Waals surface area contributed by atoms with E-state index >= 15 is 0 Å². The predicted octanol–water partition coefficient (Wildman–Crippen LogP) is 9.26. The fraction of sp³-hybridized carbons (Fsp3) is 0.429. The molecule has 1 unspecified atom stereocenters. The lowest BCUT2D eigenvalue weighted by Gasteiger charge is -2.19. The molecule has 0 spiro atoms. The Kier molecular flexibility index (Phi) is 11.2. The zero-order chi connectivity index (χ0) is 27.4. The molecule has 0 amide bonds. The molecule has 3 rings (SSSR count). The van der Waals surface area contributed by atoms with Crippen molar-refractivity contribution in [2.24, 2.45) is 0 Å². The Bertz CT molecular complexity index is 1190. The third kappa shape index (κ3) is 8.59. The van der Waals surface area contributed by atoms with Gasteiger partial charge in [0.2, 0.25) is 0 Å². The normalized spacial score (nSPS) is 18.8. The molecule has 0 saturated carbocycles. The van der Waals surface area contributed by atoms with Crippen LogP contribution in [0.3, 0.4) is 0 Å². The van der Waals surface area contributed by atoms with Crippen LogP contribution < -0.4 is 0 Å². The Morgan fingerprint density at radius 1 is 1.00 bits per heavy atom. The zero-order valence-corrected chi connectivity index (χ0v) is 24.3. The average molecular weight is 508 g/mol. The molecule has 38 heavy (non-hydrogen) atoms. The summed E-state index contributed by atoms with van der Waals surface area (Å²) in [7, 11) is 0. The number of aromatic nitrogens is 3. The molecule has 1 aromatic heterocycles. The first-order valence-corrected chi connectivity index (χ1v) is 14.3. The quantitative estimate of drug-likeness (QED) is 0.212. The summed E-state index contributed by atoms with van der Waals surface area (Å²) in [6, 6.07) is 11.4. The van der Waals surface area contributed by atoms with E-state index in [1.807, 2.05) is 6.08 Å². The molecule has 1 heterocycles. The van der Waals surface area contributed by atoms with Crippen LogP contribution in [0, 0.1) is 12.1 Å². The first-order chi connectivity index (χ1) is 18.3. The lowest BCUT2D eigenvalue weighted by Crippen LogP contribution is -2.13. The molecule has 1 aliphatic carbocycles. The van der Waals surface area contributed by atoms with E-state index in [9.17, 15) is 0 Å². The Morgan fingerprint density at radius 3 is 2.50 bits per heavy atom. The van der Waals surface area contributed by atoms with E-state index in [1.54, 1.807) is 0 Å². The van der Waals surface area contributed by atoms with E-state index in [1.165, 1.54) is 30.4 Å². The van der Waals surface area contributed by atoms with Gasteiger partial charge in [0.1, 0.15) is 5.82 Å². The van der Waals surface area contributed by atoms with Crippen molar-refractivity contribution in [1.82, 2.24) is 14.8 Å². The first-order valence-electron chi connectivity index (χ1n) is 14.3. The summed E-state index contributed by atoms with van der Waals surface area (Å²) in [5.74, 6) is 1.96. The molecule has 2 aromatic rings. The van der Waals surface area contributed by atoms with Crippen molar-refractivity contribution in [3.63, 3.8) is 0 Å². The van der Waals surface area contributed by atoms with Crippen LogP contribution in [0.5, 0.6) is 0 Å². The van der Waals surface area contributed by atoms with E-state index in [4.69, 9.17) is 10.2 Å². The lowest BCUT2D eigenvalue weighted by atomic mass is 9.88. The summed E-state index contributed by atoms with van der Waals surface area (Å²) in [6.07, 6.45) is 28.7. The van der Waals surface area contributed by atoms with Crippen molar-refractivity contribution in [3.05, 3.63) is 113 Å². The number of unbranched alkanes of at least 4 members (excludes halogenated alkanes) is 2. The van der Waals surface area contributed by atoms with Crippen LogP contribution in [-0.4, -0.2) is 14.8 Å². The van der Waals surface area contributed by atoms with Crippen LogP contribution in [0.25, 0.3) is 5.57 Å². The van der Waals surface area contributed by atoms with E-state index in [0.29, 0.717) is 12.5 Å². The molecule has 0 radical (unpaired) electrons. The van der Waals surface area contributed by atoms with Gasteiger partial charge in [0.05, 0.1) is 0 Å². The van der Waals surface area contributed by atoms with Gasteiger partial charge >= 0.3 is 0 Å². The minimum absolute atomic E-state index is 0.0665. The highest BCUT2D eigenvalue weighted by atomic mass is 15.3. The summed E-state index contributed by atoms with van der Waals surface area (Å²) >= 11 is 0. The first kappa shape index (κ1) is 29.2. The van der Waals surface area contributed by atoms with Gasteiger partial charge in [0.25, 0.3) is 0 Å². The number of nitrogens with zero attached hydrogens (tertiary/aromatic N) is 3. The van der Waals surface area contributed by atoms with Crippen LogP contribution in [0.1, 0.15) is 109 Å². The number of hydrogen-bond donors (Lipinski definition) is 0.